The molecule has 3 rings (SSSR count). The fraction of sp³-hybridized carbons (Fsp3) is 0.125. The Bertz CT molecular complexity index is 937. The van der Waals surface area contributed by atoms with Crippen LogP contribution in [0.15, 0.2) is 56.5 Å². The molecule has 0 saturated carbocycles. The van der Waals surface area contributed by atoms with Gasteiger partial charge in [-0.3, -0.25) is 4.79 Å². The second-order valence-corrected chi connectivity index (χ2v) is 4.57. The summed E-state index contributed by atoms with van der Waals surface area (Å²) >= 11 is 0. The molecule has 0 N–H and O–H groups in total. The molecular weight excluding hydrogens is 286 g/mol. The molecule has 0 aliphatic heterocycles. The fourth-order valence-corrected chi connectivity index (χ4v) is 2.19. The maximum absolute atomic E-state index is 12.6. The molecule has 1 heterocycles. The van der Waals surface area contributed by atoms with E-state index in [1.165, 1.54) is 20.3 Å². The number of benzene rings is 2. The second-order valence-electron chi connectivity index (χ2n) is 4.57. The number of hydrogen-bond acceptors (Lipinski definition) is 5. The molecule has 0 fully saturated rings. The van der Waals surface area contributed by atoms with Crippen LogP contribution >= 0.6 is 0 Å². The molecule has 0 amide bonds. The van der Waals surface area contributed by atoms with Crippen LogP contribution in [-0.2, 0) is 0 Å². The molecule has 6 heteroatoms. The number of ether oxygens (including phenoxy) is 2. The van der Waals surface area contributed by atoms with Crippen LogP contribution in [0.2, 0.25) is 0 Å². The van der Waals surface area contributed by atoms with Crippen molar-refractivity contribution in [1.29, 1.82) is 0 Å². The van der Waals surface area contributed by atoms with Gasteiger partial charge in [-0.2, -0.15) is 0 Å². The first-order valence-electron chi connectivity index (χ1n) is 6.52. The molecule has 0 bridgehead atoms. The Morgan fingerprint density at radius 1 is 0.909 bits per heavy atom. The van der Waals surface area contributed by atoms with Gasteiger partial charge in [-0.05, 0) is 42.5 Å². The van der Waals surface area contributed by atoms with E-state index < -0.39 is 11.3 Å². The lowest BCUT2D eigenvalue weighted by atomic mass is 10.2. The minimum absolute atomic E-state index is 0.223. The van der Waals surface area contributed by atoms with Crippen molar-refractivity contribution < 1.29 is 13.9 Å². The number of nitrogens with zero attached hydrogens (tertiary/aromatic N) is 1. The van der Waals surface area contributed by atoms with Crippen molar-refractivity contribution in [2.45, 2.75) is 0 Å². The molecule has 22 heavy (non-hydrogen) atoms. The van der Waals surface area contributed by atoms with Gasteiger partial charge in [0.1, 0.15) is 17.1 Å². The predicted molar refractivity (Wildman–Crippen MR) is 81.2 cm³/mol. The van der Waals surface area contributed by atoms with E-state index in [1.54, 1.807) is 36.4 Å². The Hall–Kier alpha value is -3.02. The van der Waals surface area contributed by atoms with Crippen molar-refractivity contribution in [1.82, 2.24) is 4.57 Å². The van der Waals surface area contributed by atoms with E-state index in [0.29, 0.717) is 17.2 Å². The number of aromatic nitrogens is 1. The zero-order valence-corrected chi connectivity index (χ0v) is 12.0. The van der Waals surface area contributed by atoms with Crippen LogP contribution in [0.1, 0.15) is 0 Å². The molecule has 0 unspecified atom stereocenters. The summed E-state index contributed by atoms with van der Waals surface area (Å²) in [7, 11) is 3.04. The molecule has 0 atom stereocenters. The van der Waals surface area contributed by atoms with Crippen molar-refractivity contribution in [2.24, 2.45) is 0 Å². The minimum atomic E-state index is -0.743. The van der Waals surface area contributed by atoms with Crippen molar-refractivity contribution in [3.8, 4) is 17.2 Å². The van der Waals surface area contributed by atoms with Crippen LogP contribution in [-0.4, -0.2) is 18.8 Å². The van der Waals surface area contributed by atoms with Crippen molar-refractivity contribution in [3.63, 3.8) is 0 Å². The topological polar surface area (TPSA) is 70.7 Å². The third-order valence-corrected chi connectivity index (χ3v) is 3.33. The molecule has 3 aromatic rings. The Labute approximate surface area is 125 Å². The van der Waals surface area contributed by atoms with E-state index in [2.05, 4.69) is 0 Å². The maximum Gasteiger partial charge on any atom is 0.426 e. The molecule has 0 spiro atoms. The van der Waals surface area contributed by atoms with Gasteiger partial charge < -0.3 is 13.9 Å². The molecule has 112 valence electrons. The molecule has 0 radical (unpaired) electrons. The van der Waals surface area contributed by atoms with Crippen LogP contribution in [0.4, 0.5) is 0 Å². The van der Waals surface area contributed by atoms with Gasteiger partial charge in [-0.1, -0.05) is 0 Å². The molecule has 0 aliphatic rings. The van der Waals surface area contributed by atoms with Gasteiger partial charge in [0, 0.05) is 0 Å². The fourth-order valence-electron chi connectivity index (χ4n) is 2.19. The van der Waals surface area contributed by atoms with E-state index in [0.717, 1.165) is 4.57 Å². The zero-order chi connectivity index (χ0) is 15.7. The number of rotatable bonds is 3. The van der Waals surface area contributed by atoms with Gasteiger partial charge in [0.25, 0.3) is 5.56 Å². The summed E-state index contributed by atoms with van der Waals surface area (Å²) in [6, 6.07) is 11.3. The summed E-state index contributed by atoms with van der Waals surface area (Å²) in [6.07, 6.45) is 0. The Balaban J connectivity index is 2.28. The van der Waals surface area contributed by atoms with Crippen molar-refractivity contribution >= 4 is 11.0 Å². The van der Waals surface area contributed by atoms with Crippen LogP contribution in [0, 0.1) is 0 Å². The summed E-state index contributed by atoms with van der Waals surface area (Å²) in [4.78, 5) is 24.7. The second kappa shape index (κ2) is 5.40. The molecule has 0 aliphatic carbocycles. The van der Waals surface area contributed by atoms with Gasteiger partial charge in [-0.15, -0.1) is 0 Å². The third-order valence-electron chi connectivity index (χ3n) is 3.33. The molecule has 1 aromatic heterocycles. The third kappa shape index (κ3) is 2.24. The largest absolute Gasteiger partial charge is 0.497 e. The van der Waals surface area contributed by atoms with Crippen LogP contribution in [0.25, 0.3) is 16.7 Å². The molecular formula is C16H13NO5. The average Bonchev–Trinajstić information content (AvgIpc) is 2.55. The van der Waals surface area contributed by atoms with E-state index in [9.17, 15) is 9.59 Å². The number of hydrogen-bond donors (Lipinski definition) is 0. The Morgan fingerprint density at radius 3 is 2.18 bits per heavy atom. The highest BCUT2D eigenvalue weighted by Gasteiger charge is 2.12. The monoisotopic (exact) mass is 299 g/mol. The molecule has 0 saturated heterocycles. The van der Waals surface area contributed by atoms with Crippen LogP contribution in [0.5, 0.6) is 11.5 Å². The van der Waals surface area contributed by atoms with E-state index in [1.807, 2.05) is 0 Å². The summed E-state index contributed by atoms with van der Waals surface area (Å²) in [5.74, 6) is 0.399. The first-order chi connectivity index (χ1) is 10.6. The summed E-state index contributed by atoms with van der Waals surface area (Å²) in [5, 5.41) is 0.273. The number of methoxy groups -OCH3 is 2. The Kier molecular flexibility index (Phi) is 3.42. The lowest BCUT2D eigenvalue weighted by Crippen LogP contribution is -2.30. The highest BCUT2D eigenvalue weighted by molar-refractivity contribution is 5.77. The number of fused-ring (bicyclic) bond motifs is 1. The van der Waals surface area contributed by atoms with Crippen LogP contribution in [0.3, 0.4) is 0 Å². The van der Waals surface area contributed by atoms with Gasteiger partial charge in [-0.25, -0.2) is 9.36 Å². The predicted octanol–water partition coefficient (Wildman–Crippen LogP) is 1.96. The van der Waals surface area contributed by atoms with Gasteiger partial charge in [0.2, 0.25) is 0 Å². The smallest absolute Gasteiger partial charge is 0.426 e. The minimum Gasteiger partial charge on any atom is -0.497 e. The normalized spacial score (nSPS) is 10.6. The standard InChI is InChI=1S/C16H13NO5/c1-20-11-5-3-10(4-6-11)17-15(18)13-9-12(21-2)7-8-14(13)22-16(17)19/h3-9H,1-2H3. The zero-order valence-electron chi connectivity index (χ0n) is 12.0. The molecule has 6 nitrogen and oxygen atoms in total. The lowest BCUT2D eigenvalue weighted by Gasteiger charge is -2.07. The average molecular weight is 299 g/mol. The van der Waals surface area contributed by atoms with Crippen LogP contribution < -0.4 is 20.8 Å². The maximum atomic E-state index is 12.6. The highest BCUT2D eigenvalue weighted by atomic mass is 16.5. The van der Waals surface area contributed by atoms with E-state index in [-0.39, 0.29) is 11.0 Å². The van der Waals surface area contributed by atoms with Crippen molar-refractivity contribution in [3.05, 3.63) is 63.4 Å². The van der Waals surface area contributed by atoms with Crippen molar-refractivity contribution in [2.75, 3.05) is 14.2 Å². The SMILES string of the molecule is COc1ccc(-n2c(=O)oc3ccc(OC)cc3c2=O)cc1. The van der Waals surface area contributed by atoms with Gasteiger partial charge >= 0.3 is 5.76 Å². The summed E-state index contributed by atoms with van der Waals surface area (Å²) in [5.41, 5.74) is 0.167. The molecule has 2 aromatic carbocycles. The first kappa shape index (κ1) is 13.9. The first-order valence-corrected chi connectivity index (χ1v) is 6.52. The highest BCUT2D eigenvalue weighted by Crippen LogP contribution is 2.18. The van der Waals surface area contributed by atoms with Gasteiger partial charge in [0.15, 0.2) is 0 Å². The summed E-state index contributed by atoms with van der Waals surface area (Å²) in [6.45, 7) is 0. The van der Waals surface area contributed by atoms with E-state index >= 15 is 0 Å². The van der Waals surface area contributed by atoms with Gasteiger partial charge in [0.05, 0.1) is 25.3 Å². The quantitative estimate of drug-likeness (QED) is 0.739. The Morgan fingerprint density at radius 2 is 1.55 bits per heavy atom. The summed E-state index contributed by atoms with van der Waals surface area (Å²) < 4.78 is 16.3. The van der Waals surface area contributed by atoms with E-state index in [4.69, 9.17) is 13.9 Å². The lowest BCUT2D eigenvalue weighted by molar-refractivity contribution is 0.414.